The maximum absolute atomic E-state index is 12.9. The van der Waals surface area contributed by atoms with Gasteiger partial charge in [0.25, 0.3) is 0 Å². The molecule has 190 valence electrons. The summed E-state index contributed by atoms with van der Waals surface area (Å²) >= 11 is 0. The molecular formula is C24H29NO9S. The first-order valence-corrected chi connectivity index (χ1v) is 12.6. The number of methoxy groups -OCH3 is 1. The topological polar surface area (TPSA) is 154 Å². The molecule has 0 radical (unpaired) electrons. The Morgan fingerprint density at radius 3 is 2.43 bits per heavy atom. The van der Waals surface area contributed by atoms with Crippen LogP contribution in [-0.2, 0) is 26.2 Å². The zero-order valence-electron chi connectivity index (χ0n) is 19.3. The Balaban J connectivity index is 1.67. The molecule has 1 saturated carbocycles. The van der Waals surface area contributed by atoms with Gasteiger partial charge < -0.3 is 29.3 Å². The number of benzene rings is 2. The van der Waals surface area contributed by atoms with Crippen molar-refractivity contribution in [3.05, 3.63) is 59.7 Å². The predicted octanol–water partition coefficient (Wildman–Crippen LogP) is 0.0961. The van der Waals surface area contributed by atoms with E-state index in [1.165, 1.54) is 25.3 Å². The summed E-state index contributed by atoms with van der Waals surface area (Å²) in [5.41, 5.74) is -0.598. The molecule has 2 fully saturated rings. The van der Waals surface area contributed by atoms with Crippen molar-refractivity contribution in [1.82, 2.24) is 4.90 Å². The SMILES string of the molecule is COC(=O)C1C[C@@]2(O)C(O)C(O)C(O)CC2N1Cc1ccccc1OS(=O)(=O)c1ccc(C)cc1. The highest BCUT2D eigenvalue weighted by molar-refractivity contribution is 7.87. The smallest absolute Gasteiger partial charge is 0.339 e. The number of para-hydroxylation sites is 1. The number of likely N-dealkylation sites (tertiary alicyclic amines) is 1. The van der Waals surface area contributed by atoms with E-state index < -0.39 is 52.1 Å². The molecule has 0 bridgehead atoms. The molecule has 6 atom stereocenters. The molecule has 2 aliphatic rings. The van der Waals surface area contributed by atoms with E-state index in [9.17, 15) is 33.6 Å². The summed E-state index contributed by atoms with van der Waals surface area (Å²) in [4.78, 5) is 14.1. The van der Waals surface area contributed by atoms with Gasteiger partial charge in [0.2, 0.25) is 0 Å². The third-order valence-corrected chi connectivity index (χ3v) is 8.15. The Kier molecular flexibility index (Phi) is 6.93. The molecule has 35 heavy (non-hydrogen) atoms. The number of rotatable bonds is 6. The second-order valence-electron chi connectivity index (χ2n) is 9.12. The van der Waals surface area contributed by atoms with Crippen molar-refractivity contribution in [3.8, 4) is 5.75 Å². The van der Waals surface area contributed by atoms with E-state index in [1.54, 1.807) is 35.2 Å². The van der Waals surface area contributed by atoms with Crippen molar-refractivity contribution in [2.24, 2.45) is 0 Å². The molecule has 0 aromatic heterocycles. The van der Waals surface area contributed by atoms with Crippen LogP contribution in [0.15, 0.2) is 53.4 Å². The molecule has 2 aromatic carbocycles. The zero-order valence-corrected chi connectivity index (χ0v) is 20.1. The van der Waals surface area contributed by atoms with Gasteiger partial charge in [0, 0.05) is 24.6 Å². The number of ether oxygens (including phenoxy) is 1. The number of carbonyl (C=O) groups excluding carboxylic acids is 1. The molecular weight excluding hydrogens is 478 g/mol. The Bertz CT molecular complexity index is 1190. The summed E-state index contributed by atoms with van der Waals surface area (Å²) in [6, 6.07) is 10.6. The van der Waals surface area contributed by atoms with Crippen LogP contribution >= 0.6 is 0 Å². The average molecular weight is 508 g/mol. The maximum atomic E-state index is 12.9. The summed E-state index contributed by atoms with van der Waals surface area (Å²) < 4.78 is 36.1. The van der Waals surface area contributed by atoms with Crippen LogP contribution in [0.3, 0.4) is 0 Å². The Morgan fingerprint density at radius 1 is 1.11 bits per heavy atom. The highest BCUT2D eigenvalue weighted by Gasteiger charge is 2.62. The van der Waals surface area contributed by atoms with Gasteiger partial charge in [0.1, 0.15) is 34.5 Å². The summed E-state index contributed by atoms with van der Waals surface area (Å²) in [6.07, 6.45) is -4.96. The van der Waals surface area contributed by atoms with Gasteiger partial charge in [-0.25, -0.2) is 0 Å². The minimum atomic E-state index is -4.15. The number of esters is 1. The fourth-order valence-electron chi connectivity index (χ4n) is 4.96. The minimum absolute atomic E-state index is 0.0200. The van der Waals surface area contributed by atoms with Crippen molar-refractivity contribution < 1.29 is 42.6 Å². The molecule has 10 nitrogen and oxygen atoms in total. The third-order valence-electron chi connectivity index (χ3n) is 6.90. The molecule has 4 N–H and O–H groups in total. The molecule has 1 aliphatic carbocycles. The lowest BCUT2D eigenvalue weighted by Gasteiger charge is -2.45. The van der Waals surface area contributed by atoms with Crippen LogP contribution in [0.2, 0.25) is 0 Å². The summed E-state index contributed by atoms with van der Waals surface area (Å²) in [5, 5.41) is 42.2. The molecule has 4 rings (SSSR count). The Hall–Kier alpha value is -2.54. The van der Waals surface area contributed by atoms with Crippen LogP contribution in [0.4, 0.5) is 0 Å². The van der Waals surface area contributed by atoms with Crippen molar-refractivity contribution >= 4 is 16.1 Å². The lowest BCUT2D eigenvalue weighted by atomic mass is 9.75. The maximum Gasteiger partial charge on any atom is 0.339 e. The molecule has 0 spiro atoms. The number of aryl methyl sites for hydroxylation is 1. The lowest BCUT2D eigenvalue weighted by Crippen LogP contribution is -2.64. The number of fused-ring (bicyclic) bond motifs is 1. The quantitative estimate of drug-likeness (QED) is 0.313. The highest BCUT2D eigenvalue weighted by Crippen LogP contribution is 2.45. The number of hydrogen-bond donors (Lipinski definition) is 4. The van der Waals surface area contributed by atoms with Gasteiger partial charge in [-0.3, -0.25) is 9.69 Å². The van der Waals surface area contributed by atoms with Crippen LogP contribution in [0.5, 0.6) is 5.75 Å². The fraction of sp³-hybridized carbons (Fsp3) is 0.458. The number of hydrogen-bond acceptors (Lipinski definition) is 10. The van der Waals surface area contributed by atoms with Gasteiger partial charge in [0.05, 0.1) is 13.2 Å². The van der Waals surface area contributed by atoms with E-state index in [0.717, 1.165) is 5.56 Å². The second kappa shape index (κ2) is 9.49. The minimum Gasteiger partial charge on any atom is -0.468 e. The number of carbonyl (C=O) groups is 1. The number of aliphatic hydroxyl groups is 4. The molecule has 1 heterocycles. The molecule has 1 aliphatic heterocycles. The number of nitrogens with zero attached hydrogens (tertiary/aromatic N) is 1. The first-order valence-electron chi connectivity index (χ1n) is 11.2. The van der Waals surface area contributed by atoms with Crippen molar-refractivity contribution in [3.63, 3.8) is 0 Å². The van der Waals surface area contributed by atoms with E-state index in [-0.39, 0.29) is 30.0 Å². The van der Waals surface area contributed by atoms with Crippen molar-refractivity contribution in [2.75, 3.05) is 7.11 Å². The summed E-state index contributed by atoms with van der Waals surface area (Å²) in [6.45, 7) is 1.78. The molecule has 2 aromatic rings. The Morgan fingerprint density at radius 2 is 1.77 bits per heavy atom. The van der Waals surface area contributed by atoms with E-state index >= 15 is 0 Å². The molecule has 11 heteroatoms. The highest BCUT2D eigenvalue weighted by atomic mass is 32.2. The second-order valence-corrected chi connectivity index (χ2v) is 10.7. The van der Waals surface area contributed by atoms with Gasteiger partial charge in [-0.05, 0) is 31.5 Å². The fourth-order valence-corrected chi connectivity index (χ4v) is 5.92. The zero-order chi connectivity index (χ0) is 25.5. The van der Waals surface area contributed by atoms with Gasteiger partial charge in [0.15, 0.2) is 0 Å². The van der Waals surface area contributed by atoms with Crippen molar-refractivity contribution in [1.29, 1.82) is 0 Å². The number of aliphatic hydroxyl groups excluding tert-OH is 3. The molecule has 1 saturated heterocycles. The largest absolute Gasteiger partial charge is 0.468 e. The van der Waals surface area contributed by atoms with E-state index in [4.69, 9.17) is 8.92 Å². The first-order chi connectivity index (χ1) is 16.5. The van der Waals surface area contributed by atoms with Crippen molar-refractivity contribution in [2.45, 2.75) is 67.2 Å². The van der Waals surface area contributed by atoms with Gasteiger partial charge >= 0.3 is 16.1 Å². The van der Waals surface area contributed by atoms with Gasteiger partial charge in [-0.1, -0.05) is 35.9 Å². The van der Waals surface area contributed by atoms with Gasteiger partial charge in [-0.15, -0.1) is 0 Å². The monoisotopic (exact) mass is 507 g/mol. The van der Waals surface area contributed by atoms with E-state index in [1.807, 2.05) is 6.92 Å². The van der Waals surface area contributed by atoms with Crippen LogP contribution in [0.1, 0.15) is 24.0 Å². The predicted molar refractivity (Wildman–Crippen MR) is 123 cm³/mol. The standard InChI is InChI=1S/C24H29NO9S/c1-14-7-9-16(10-8-14)35(31,32)34-19-6-4-3-5-15(19)13-25-17(23(29)33-2)12-24(30)20(25)11-18(26)21(27)22(24)28/h3-10,17-18,20-22,26-28,30H,11-13H2,1-2H3/t17?,18?,20?,21?,22?,24-/m0/s1. The van der Waals surface area contributed by atoms with E-state index in [2.05, 4.69) is 0 Å². The molecule has 0 amide bonds. The van der Waals surface area contributed by atoms with Crippen LogP contribution in [-0.4, -0.2) is 82.8 Å². The average Bonchev–Trinajstić information content (AvgIpc) is 3.11. The first kappa shape index (κ1) is 25.5. The van der Waals surface area contributed by atoms with Crippen LogP contribution in [0, 0.1) is 6.92 Å². The lowest BCUT2D eigenvalue weighted by molar-refractivity contribution is -0.197. The normalized spacial score (nSPS) is 31.1. The van der Waals surface area contributed by atoms with Crippen LogP contribution in [0.25, 0.3) is 0 Å². The van der Waals surface area contributed by atoms with Crippen LogP contribution < -0.4 is 4.18 Å². The van der Waals surface area contributed by atoms with Gasteiger partial charge in [-0.2, -0.15) is 8.42 Å². The summed E-state index contributed by atoms with van der Waals surface area (Å²) in [7, 11) is -2.96. The summed E-state index contributed by atoms with van der Waals surface area (Å²) in [5.74, 6) is -0.640. The Labute approximate surface area is 203 Å². The van der Waals surface area contributed by atoms with E-state index in [0.29, 0.717) is 5.56 Å². The molecule has 5 unspecified atom stereocenters. The third kappa shape index (κ3) is 4.67.